The second-order valence-corrected chi connectivity index (χ2v) is 8.29. The molecule has 5 rings (SSSR count). The molecule has 1 aliphatic rings. The van der Waals surface area contributed by atoms with E-state index in [1.54, 1.807) is 4.57 Å². The molecule has 0 saturated carbocycles. The number of aryl methyl sites for hydroxylation is 2. The summed E-state index contributed by atoms with van der Waals surface area (Å²) in [5, 5.41) is 34.0. The Labute approximate surface area is 190 Å². The molecule has 0 aliphatic carbocycles. The number of aliphatic hydroxyl groups excluding tert-OH is 3. The third-order valence-corrected chi connectivity index (χ3v) is 5.87. The molecule has 9 nitrogen and oxygen atoms in total. The lowest BCUT2D eigenvalue weighted by atomic mass is 10.1. The number of ether oxygens (including phenoxy) is 1. The highest BCUT2D eigenvalue weighted by atomic mass is 16.6. The molecule has 33 heavy (non-hydrogen) atoms. The van der Waals surface area contributed by atoms with Crippen molar-refractivity contribution in [3.05, 3.63) is 66.0 Å². The summed E-state index contributed by atoms with van der Waals surface area (Å²) in [5.41, 5.74) is 4.80. The summed E-state index contributed by atoms with van der Waals surface area (Å²) in [7, 11) is 0. The van der Waals surface area contributed by atoms with Crippen molar-refractivity contribution in [3.8, 4) is 11.4 Å². The maximum atomic E-state index is 10.7. The zero-order valence-electron chi connectivity index (χ0n) is 18.3. The van der Waals surface area contributed by atoms with E-state index in [0.29, 0.717) is 22.8 Å². The highest BCUT2D eigenvalue weighted by Gasteiger charge is 2.45. The summed E-state index contributed by atoms with van der Waals surface area (Å²) in [5.74, 6) is 1.01. The largest absolute Gasteiger partial charge is 0.394 e. The van der Waals surface area contributed by atoms with Crippen molar-refractivity contribution in [2.24, 2.45) is 0 Å². The number of rotatable bonds is 5. The SMILES string of the molecule is Cc1ccc(Nc2ncnc3c2nc(-c2ccc(C)cc2)n3C2OC(CO)C(O)C2O)cc1. The molecule has 170 valence electrons. The summed E-state index contributed by atoms with van der Waals surface area (Å²) in [6.45, 7) is 3.59. The van der Waals surface area contributed by atoms with Gasteiger partial charge in [0.05, 0.1) is 6.61 Å². The zero-order valence-corrected chi connectivity index (χ0v) is 18.3. The standard InChI is InChI=1S/C24H25N5O4/c1-13-3-7-15(8-4-13)22-28-18-21(27-16-9-5-14(2)6-10-16)25-12-26-23(18)29(22)24-20(32)19(31)17(11-30)33-24/h3-10,12,17,19-20,24,30-32H,11H2,1-2H3,(H,25,26,27). The van der Waals surface area contributed by atoms with Gasteiger partial charge < -0.3 is 25.4 Å². The molecule has 4 aromatic rings. The van der Waals surface area contributed by atoms with E-state index in [2.05, 4.69) is 15.3 Å². The molecule has 4 unspecified atom stereocenters. The highest BCUT2D eigenvalue weighted by molar-refractivity contribution is 5.88. The number of aliphatic hydroxyl groups is 3. The molecule has 1 saturated heterocycles. The fraction of sp³-hybridized carbons (Fsp3) is 0.292. The molecule has 1 fully saturated rings. The van der Waals surface area contributed by atoms with Crippen LogP contribution in [0.2, 0.25) is 0 Å². The van der Waals surface area contributed by atoms with Gasteiger partial charge in [-0.1, -0.05) is 47.5 Å². The molecular weight excluding hydrogens is 422 g/mol. The summed E-state index contributed by atoms with van der Waals surface area (Å²) in [4.78, 5) is 13.6. The fourth-order valence-electron chi connectivity index (χ4n) is 4.01. The number of imidazole rings is 1. The average Bonchev–Trinajstić information content (AvgIpc) is 3.34. The minimum Gasteiger partial charge on any atom is -0.394 e. The Bertz CT molecular complexity index is 1270. The maximum absolute atomic E-state index is 10.7. The molecule has 0 radical (unpaired) electrons. The number of anilines is 2. The van der Waals surface area contributed by atoms with Crippen molar-refractivity contribution < 1.29 is 20.1 Å². The van der Waals surface area contributed by atoms with Crippen LogP contribution < -0.4 is 5.32 Å². The van der Waals surface area contributed by atoms with Crippen molar-refractivity contribution in [2.75, 3.05) is 11.9 Å². The Morgan fingerprint density at radius 2 is 1.61 bits per heavy atom. The van der Waals surface area contributed by atoms with E-state index in [0.717, 1.165) is 22.4 Å². The number of aromatic nitrogens is 4. The Morgan fingerprint density at radius 1 is 0.939 bits per heavy atom. The molecule has 9 heteroatoms. The van der Waals surface area contributed by atoms with E-state index in [1.807, 2.05) is 62.4 Å². The molecule has 4 atom stereocenters. The quantitative estimate of drug-likeness (QED) is 0.368. The van der Waals surface area contributed by atoms with Crippen molar-refractivity contribution in [2.45, 2.75) is 38.4 Å². The van der Waals surface area contributed by atoms with E-state index >= 15 is 0 Å². The normalized spacial score (nSPS) is 22.7. The lowest BCUT2D eigenvalue weighted by Crippen LogP contribution is -2.33. The molecule has 0 spiro atoms. The fourth-order valence-corrected chi connectivity index (χ4v) is 4.01. The first kappa shape index (κ1) is 21.5. The van der Waals surface area contributed by atoms with Crippen molar-refractivity contribution >= 4 is 22.7 Å². The van der Waals surface area contributed by atoms with Crippen molar-refractivity contribution in [1.29, 1.82) is 0 Å². The minimum absolute atomic E-state index is 0.420. The van der Waals surface area contributed by atoms with Gasteiger partial charge in [-0.3, -0.25) is 4.57 Å². The van der Waals surface area contributed by atoms with Gasteiger partial charge in [0.1, 0.15) is 30.5 Å². The van der Waals surface area contributed by atoms with Crippen LogP contribution in [0.15, 0.2) is 54.9 Å². The number of benzene rings is 2. The van der Waals surface area contributed by atoms with Crippen LogP contribution in [-0.2, 0) is 4.74 Å². The Hall–Kier alpha value is -3.37. The molecule has 3 heterocycles. The average molecular weight is 447 g/mol. The van der Waals surface area contributed by atoms with Crippen LogP contribution in [0.25, 0.3) is 22.6 Å². The number of nitrogens with one attached hydrogen (secondary N) is 1. The van der Waals surface area contributed by atoms with E-state index in [-0.39, 0.29) is 0 Å². The van der Waals surface area contributed by atoms with Gasteiger partial charge in [-0.05, 0) is 26.0 Å². The third-order valence-electron chi connectivity index (χ3n) is 5.87. The van der Waals surface area contributed by atoms with E-state index in [4.69, 9.17) is 9.72 Å². The van der Waals surface area contributed by atoms with Crippen LogP contribution in [0.4, 0.5) is 11.5 Å². The predicted octanol–water partition coefficient (Wildman–Crippen LogP) is 2.47. The first-order valence-corrected chi connectivity index (χ1v) is 10.7. The molecule has 1 aliphatic heterocycles. The van der Waals surface area contributed by atoms with Crippen molar-refractivity contribution in [1.82, 2.24) is 19.5 Å². The summed E-state index contributed by atoms with van der Waals surface area (Å²) in [6.07, 6.45) is -3.00. The van der Waals surface area contributed by atoms with Crippen LogP contribution >= 0.6 is 0 Å². The molecule has 2 aromatic carbocycles. The molecule has 2 aromatic heterocycles. The van der Waals surface area contributed by atoms with Crippen LogP contribution in [0.1, 0.15) is 17.4 Å². The maximum Gasteiger partial charge on any atom is 0.168 e. The lowest BCUT2D eigenvalue weighted by Gasteiger charge is -2.19. The molecule has 0 amide bonds. The monoisotopic (exact) mass is 447 g/mol. The van der Waals surface area contributed by atoms with Gasteiger partial charge in [0.25, 0.3) is 0 Å². The van der Waals surface area contributed by atoms with E-state index < -0.39 is 31.1 Å². The zero-order chi connectivity index (χ0) is 23.1. The summed E-state index contributed by atoms with van der Waals surface area (Å²) < 4.78 is 7.50. The van der Waals surface area contributed by atoms with Gasteiger partial charge in [-0.2, -0.15) is 0 Å². The topological polar surface area (TPSA) is 126 Å². The Morgan fingerprint density at radius 3 is 2.24 bits per heavy atom. The first-order chi connectivity index (χ1) is 16.0. The van der Waals surface area contributed by atoms with Gasteiger partial charge in [0.2, 0.25) is 0 Å². The van der Waals surface area contributed by atoms with E-state index in [9.17, 15) is 15.3 Å². The first-order valence-electron chi connectivity index (χ1n) is 10.7. The number of hydrogen-bond donors (Lipinski definition) is 4. The van der Waals surface area contributed by atoms with E-state index in [1.165, 1.54) is 6.33 Å². The lowest BCUT2D eigenvalue weighted by molar-refractivity contribution is -0.0503. The number of nitrogens with zero attached hydrogens (tertiary/aromatic N) is 4. The van der Waals surface area contributed by atoms with Gasteiger partial charge >= 0.3 is 0 Å². The van der Waals surface area contributed by atoms with Gasteiger partial charge in [0, 0.05) is 11.3 Å². The van der Waals surface area contributed by atoms with Gasteiger partial charge in [0.15, 0.2) is 23.2 Å². The van der Waals surface area contributed by atoms with Crippen LogP contribution in [0.3, 0.4) is 0 Å². The second-order valence-electron chi connectivity index (χ2n) is 8.29. The molecular formula is C24H25N5O4. The minimum atomic E-state index is -1.27. The van der Waals surface area contributed by atoms with Gasteiger partial charge in [-0.25, -0.2) is 15.0 Å². The third kappa shape index (κ3) is 3.85. The van der Waals surface area contributed by atoms with Gasteiger partial charge in [-0.15, -0.1) is 0 Å². The predicted molar refractivity (Wildman–Crippen MR) is 123 cm³/mol. The Balaban J connectivity index is 1.67. The van der Waals surface area contributed by atoms with Crippen LogP contribution in [-0.4, -0.2) is 59.8 Å². The van der Waals surface area contributed by atoms with Crippen molar-refractivity contribution in [3.63, 3.8) is 0 Å². The smallest absolute Gasteiger partial charge is 0.168 e. The number of hydrogen-bond acceptors (Lipinski definition) is 8. The highest BCUT2D eigenvalue weighted by Crippen LogP contribution is 2.37. The van der Waals surface area contributed by atoms with Crippen LogP contribution in [0, 0.1) is 13.8 Å². The van der Waals surface area contributed by atoms with Crippen LogP contribution in [0.5, 0.6) is 0 Å². The molecule has 0 bridgehead atoms. The summed E-state index contributed by atoms with van der Waals surface area (Å²) in [6, 6.07) is 15.7. The Kier molecular flexibility index (Phi) is 5.55. The number of fused-ring (bicyclic) bond motifs is 1. The summed E-state index contributed by atoms with van der Waals surface area (Å²) >= 11 is 0. The second kappa shape index (κ2) is 8.53. The molecule has 4 N–H and O–H groups in total.